The molecule has 1 atom stereocenters. The van der Waals surface area contributed by atoms with Crippen LogP contribution < -0.4 is 5.32 Å². The molecule has 1 unspecified atom stereocenters. The third-order valence-corrected chi connectivity index (χ3v) is 2.87. The van der Waals surface area contributed by atoms with E-state index in [0.717, 1.165) is 9.99 Å². The van der Waals surface area contributed by atoms with Gasteiger partial charge in [-0.2, -0.15) is 0 Å². The molecule has 0 spiro atoms. The zero-order valence-corrected chi connectivity index (χ0v) is 10.9. The highest BCUT2D eigenvalue weighted by molar-refractivity contribution is 14.1. The molecule has 0 radical (unpaired) electrons. The molecule has 1 aromatic carbocycles. The van der Waals surface area contributed by atoms with Crippen molar-refractivity contribution in [1.82, 2.24) is 5.32 Å². The molecule has 1 amide bonds. The van der Waals surface area contributed by atoms with E-state index in [1.54, 1.807) is 18.2 Å². The summed E-state index contributed by atoms with van der Waals surface area (Å²) in [6.45, 7) is 3.93. The zero-order valence-electron chi connectivity index (χ0n) is 8.75. The van der Waals surface area contributed by atoms with Crippen LogP contribution in [0, 0.1) is 3.57 Å². The molecule has 0 saturated carbocycles. The Kier molecular flexibility index (Phi) is 4.38. The van der Waals surface area contributed by atoms with Crippen LogP contribution >= 0.6 is 22.6 Å². The highest BCUT2D eigenvalue weighted by Gasteiger charge is 2.12. The highest BCUT2D eigenvalue weighted by Crippen LogP contribution is 2.19. The van der Waals surface area contributed by atoms with Crippen molar-refractivity contribution in [2.24, 2.45) is 0 Å². The largest absolute Gasteiger partial charge is 0.507 e. The molecule has 82 valence electrons. The third-order valence-electron chi connectivity index (χ3n) is 2.19. The molecule has 0 aliphatic rings. The Bertz CT molecular complexity index is 366. The fourth-order valence-electron chi connectivity index (χ4n) is 1.10. The maximum Gasteiger partial charge on any atom is 0.255 e. The number of hydrogen-bond donors (Lipinski definition) is 2. The second-order valence-electron chi connectivity index (χ2n) is 3.44. The quantitative estimate of drug-likeness (QED) is 0.841. The van der Waals surface area contributed by atoms with E-state index in [4.69, 9.17) is 0 Å². The molecule has 1 aromatic rings. The molecule has 0 saturated heterocycles. The van der Waals surface area contributed by atoms with Crippen LogP contribution in [0.25, 0.3) is 0 Å². The maximum atomic E-state index is 11.7. The van der Waals surface area contributed by atoms with E-state index in [2.05, 4.69) is 27.9 Å². The van der Waals surface area contributed by atoms with Gasteiger partial charge in [0, 0.05) is 9.61 Å². The summed E-state index contributed by atoms with van der Waals surface area (Å²) < 4.78 is 0.908. The first-order valence-electron chi connectivity index (χ1n) is 4.84. The summed E-state index contributed by atoms with van der Waals surface area (Å²) >= 11 is 2.09. The Balaban J connectivity index is 2.82. The SMILES string of the molecule is CCC(C)NC(=O)c1ccc(I)cc1O. The number of amides is 1. The van der Waals surface area contributed by atoms with Gasteiger partial charge >= 0.3 is 0 Å². The van der Waals surface area contributed by atoms with E-state index in [1.807, 2.05) is 13.8 Å². The van der Waals surface area contributed by atoms with Crippen LogP contribution in [0.1, 0.15) is 30.6 Å². The number of halogens is 1. The first-order valence-corrected chi connectivity index (χ1v) is 5.91. The summed E-state index contributed by atoms with van der Waals surface area (Å²) in [6, 6.07) is 5.13. The maximum absolute atomic E-state index is 11.7. The first kappa shape index (κ1) is 12.3. The number of carbonyl (C=O) groups excluding carboxylic acids is 1. The highest BCUT2D eigenvalue weighted by atomic mass is 127. The predicted molar refractivity (Wildman–Crippen MR) is 68.0 cm³/mol. The van der Waals surface area contributed by atoms with Crippen LogP contribution in [0.4, 0.5) is 0 Å². The van der Waals surface area contributed by atoms with Gasteiger partial charge in [0.15, 0.2) is 0 Å². The Hall–Kier alpha value is -0.780. The molecule has 0 heterocycles. The van der Waals surface area contributed by atoms with Gasteiger partial charge in [0.25, 0.3) is 5.91 Å². The summed E-state index contributed by atoms with van der Waals surface area (Å²) in [5, 5.41) is 12.4. The summed E-state index contributed by atoms with van der Waals surface area (Å²) in [4.78, 5) is 11.7. The van der Waals surface area contributed by atoms with Crippen molar-refractivity contribution in [2.75, 3.05) is 0 Å². The van der Waals surface area contributed by atoms with E-state index in [-0.39, 0.29) is 17.7 Å². The van der Waals surface area contributed by atoms with Crippen LogP contribution in [0.15, 0.2) is 18.2 Å². The molecule has 3 nitrogen and oxygen atoms in total. The van der Waals surface area contributed by atoms with Crippen molar-refractivity contribution in [3.8, 4) is 5.75 Å². The van der Waals surface area contributed by atoms with Gasteiger partial charge in [0.1, 0.15) is 5.75 Å². The van der Waals surface area contributed by atoms with Crippen LogP contribution in [-0.2, 0) is 0 Å². The van der Waals surface area contributed by atoms with Gasteiger partial charge in [-0.1, -0.05) is 6.92 Å². The molecule has 15 heavy (non-hydrogen) atoms. The van der Waals surface area contributed by atoms with Gasteiger partial charge in [-0.25, -0.2) is 0 Å². The number of hydrogen-bond acceptors (Lipinski definition) is 2. The number of nitrogens with one attached hydrogen (secondary N) is 1. The number of rotatable bonds is 3. The van der Waals surface area contributed by atoms with Gasteiger partial charge in [-0.15, -0.1) is 0 Å². The van der Waals surface area contributed by atoms with Gasteiger partial charge in [-0.05, 0) is 54.1 Å². The van der Waals surface area contributed by atoms with Crippen molar-refractivity contribution in [2.45, 2.75) is 26.3 Å². The van der Waals surface area contributed by atoms with E-state index in [9.17, 15) is 9.90 Å². The summed E-state index contributed by atoms with van der Waals surface area (Å²) in [5.41, 5.74) is 0.329. The van der Waals surface area contributed by atoms with Crippen LogP contribution in [0.3, 0.4) is 0 Å². The molecular weight excluding hydrogens is 305 g/mol. The van der Waals surface area contributed by atoms with Crippen molar-refractivity contribution >= 4 is 28.5 Å². The smallest absolute Gasteiger partial charge is 0.255 e. The van der Waals surface area contributed by atoms with Crippen LogP contribution in [-0.4, -0.2) is 17.1 Å². The van der Waals surface area contributed by atoms with E-state index in [1.165, 1.54) is 0 Å². The fourth-order valence-corrected chi connectivity index (χ4v) is 1.58. The van der Waals surface area contributed by atoms with Crippen LogP contribution in [0.5, 0.6) is 5.75 Å². The van der Waals surface area contributed by atoms with Gasteiger partial charge in [0.05, 0.1) is 5.56 Å². The molecule has 0 aliphatic carbocycles. The lowest BCUT2D eigenvalue weighted by Crippen LogP contribution is -2.31. The molecule has 0 aliphatic heterocycles. The molecule has 4 heteroatoms. The molecule has 1 rings (SSSR count). The molecule has 0 fully saturated rings. The lowest BCUT2D eigenvalue weighted by atomic mass is 10.1. The number of carbonyl (C=O) groups is 1. The predicted octanol–water partition coefficient (Wildman–Crippen LogP) is 2.53. The Morgan fingerprint density at radius 2 is 2.27 bits per heavy atom. The summed E-state index contributed by atoms with van der Waals surface area (Å²) in [6.07, 6.45) is 0.872. The van der Waals surface area contributed by atoms with E-state index >= 15 is 0 Å². The number of benzene rings is 1. The van der Waals surface area contributed by atoms with Crippen molar-refractivity contribution in [1.29, 1.82) is 0 Å². The van der Waals surface area contributed by atoms with Crippen molar-refractivity contribution in [3.63, 3.8) is 0 Å². The van der Waals surface area contributed by atoms with Gasteiger partial charge in [-0.3, -0.25) is 4.79 Å². The molecule has 0 aromatic heterocycles. The Labute approximate surface area is 103 Å². The lowest BCUT2D eigenvalue weighted by Gasteiger charge is -2.12. The van der Waals surface area contributed by atoms with E-state index in [0.29, 0.717) is 5.56 Å². The summed E-state index contributed by atoms with van der Waals surface area (Å²) in [5.74, 6) is -0.194. The van der Waals surface area contributed by atoms with Gasteiger partial charge in [0.2, 0.25) is 0 Å². The number of aromatic hydroxyl groups is 1. The molecule has 2 N–H and O–H groups in total. The lowest BCUT2D eigenvalue weighted by molar-refractivity contribution is 0.0936. The first-order chi connectivity index (χ1) is 7.04. The fraction of sp³-hybridized carbons (Fsp3) is 0.364. The molecular formula is C11H14INO2. The second kappa shape index (κ2) is 5.34. The average Bonchev–Trinajstić information content (AvgIpc) is 2.17. The average molecular weight is 319 g/mol. The third kappa shape index (κ3) is 3.37. The Morgan fingerprint density at radius 3 is 2.80 bits per heavy atom. The zero-order chi connectivity index (χ0) is 11.4. The Morgan fingerprint density at radius 1 is 1.60 bits per heavy atom. The minimum Gasteiger partial charge on any atom is -0.507 e. The minimum atomic E-state index is -0.224. The number of phenolic OH excluding ortho intramolecular Hbond substituents is 1. The van der Waals surface area contributed by atoms with Crippen LogP contribution in [0.2, 0.25) is 0 Å². The topological polar surface area (TPSA) is 49.3 Å². The normalized spacial score (nSPS) is 12.2. The second-order valence-corrected chi connectivity index (χ2v) is 4.69. The monoisotopic (exact) mass is 319 g/mol. The molecule has 0 bridgehead atoms. The minimum absolute atomic E-state index is 0.0303. The summed E-state index contributed by atoms with van der Waals surface area (Å²) in [7, 11) is 0. The van der Waals surface area contributed by atoms with Crippen molar-refractivity contribution in [3.05, 3.63) is 27.3 Å². The standard InChI is InChI=1S/C11H14INO2/c1-3-7(2)13-11(15)9-5-4-8(12)6-10(9)14/h4-7,14H,3H2,1-2H3,(H,13,15). The van der Waals surface area contributed by atoms with Crippen molar-refractivity contribution < 1.29 is 9.90 Å². The van der Waals surface area contributed by atoms with E-state index < -0.39 is 0 Å². The number of phenols is 1. The van der Waals surface area contributed by atoms with Gasteiger partial charge < -0.3 is 10.4 Å².